The van der Waals surface area contributed by atoms with E-state index in [2.05, 4.69) is 133 Å². The summed E-state index contributed by atoms with van der Waals surface area (Å²) in [6, 6.07) is 32.5. The fourth-order valence-corrected chi connectivity index (χ4v) is 8.13. The molecular weight excluding hydrogens is 532 g/mol. The van der Waals surface area contributed by atoms with E-state index in [1.54, 1.807) is 0 Å². The zero-order chi connectivity index (χ0) is 29.8. The lowest BCUT2D eigenvalue weighted by molar-refractivity contribution is 0.0514. The number of fused-ring (bicyclic) bond motifs is 4. The summed E-state index contributed by atoms with van der Waals surface area (Å²) >= 11 is 0. The second-order valence-corrected chi connectivity index (χ2v) is 12.8. The monoisotopic (exact) mass is 572 g/mol. The molecule has 2 nitrogen and oxygen atoms in total. The molecule has 0 N–H and O–H groups in total. The summed E-state index contributed by atoms with van der Waals surface area (Å²) in [7, 11) is 0. The van der Waals surface area contributed by atoms with Gasteiger partial charge in [-0.05, 0) is 107 Å². The van der Waals surface area contributed by atoms with Crippen molar-refractivity contribution >= 4 is 17.1 Å². The molecule has 0 spiro atoms. The maximum Gasteiger partial charge on any atom is 0.0727 e. The molecule has 2 heteroatoms. The maximum atomic E-state index is 4.01. The standard InChI is InChI=1S/C42H40N2/c1-4-11-30-12-6-7-13-34(30)41-37-28-32(19-23-40(37)44(41)33-20-16-29(3)17-21-33)31-18-22-39-36(27-31)35-14-8-9-15-38(35)42(39,24-5-2)43-25-10-26-43/h4,6,8-9,11-12,14-23,27-28H,1,5,7,10,13,24-26H2,2-3H3/b30-11-,41-34-. The van der Waals surface area contributed by atoms with Gasteiger partial charge < -0.3 is 4.90 Å². The van der Waals surface area contributed by atoms with Crippen LogP contribution < -0.4 is 4.90 Å². The van der Waals surface area contributed by atoms with Crippen LogP contribution in [0.1, 0.15) is 61.3 Å². The van der Waals surface area contributed by atoms with Crippen LogP contribution in [0.25, 0.3) is 28.0 Å². The van der Waals surface area contributed by atoms with Gasteiger partial charge in [-0.1, -0.05) is 104 Å². The lowest BCUT2D eigenvalue weighted by Crippen LogP contribution is -2.52. The first-order valence-electron chi connectivity index (χ1n) is 16.4. The molecule has 0 bridgehead atoms. The zero-order valence-corrected chi connectivity index (χ0v) is 25.9. The van der Waals surface area contributed by atoms with Gasteiger partial charge in [-0.25, -0.2) is 0 Å². The van der Waals surface area contributed by atoms with E-state index in [1.165, 1.54) is 98.7 Å². The van der Waals surface area contributed by atoms with Gasteiger partial charge in [-0.3, -0.25) is 4.90 Å². The third kappa shape index (κ3) is 3.97. The summed E-state index contributed by atoms with van der Waals surface area (Å²) < 4.78 is 0. The quantitative estimate of drug-likeness (QED) is 0.227. The van der Waals surface area contributed by atoms with E-state index in [4.69, 9.17) is 0 Å². The van der Waals surface area contributed by atoms with E-state index < -0.39 is 0 Å². The Labute approximate surface area is 262 Å². The van der Waals surface area contributed by atoms with Gasteiger partial charge in [0.1, 0.15) is 0 Å². The molecule has 2 aliphatic heterocycles. The molecule has 4 aromatic carbocycles. The first-order chi connectivity index (χ1) is 21.6. The minimum Gasteiger partial charge on any atom is -0.309 e. The van der Waals surface area contributed by atoms with Crippen LogP contribution in [0.15, 0.2) is 127 Å². The van der Waals surface area contributed by atoms with Crippen molar-refractivity contribution in [3.05, 3.63) is 149 Å². The summed E-state index contributed by atoms with van der Waals surface area (Å²) in [4.78, 5) is 5.19. The Kier molecular flexibility index (Phi) is 6.57. The van der Waals surface area contributed by atoms with Gasteiger partial charge in [-0.2, -0.15) is 0 Å². The largest absolute Gasteiger partial charge is 0.309 e. The molecule has 8 rings (SSSR count). The predicted octanol–water partition coefficient (Wildman–Crippen LogP) is 10.7. The van der Waals surface area contributed by atoms with Crippen LogP contribution >= 0.6 is 0 Å². The second kappa shape index (κ2) is 10.6. The average molecular weight is 573 g/mol. The fourth-order valence-electron chi connectivity index (χ4n) is 8.13. The van der Waals surface area contributed by atoms with Crippen molar-refractivity contribution in [1.82, 2.24) is 4.90 Å². The molecule has 4 aliphatic rings. The smallest absolute Gasteiger partial charge is 0.0727 e. The molecule has 1 unspecified atom stereocenters. The number of aryl methyl sites for hydroxylation is 1. The molecule has 1 saturated heterocycles. The van der Waals surface area contributed by atoms with Crippen LogP contribution in [-0.2, 0) is 5.54 Å². The van der Waals surface area contributed by atoms with E-state index in [9.17, 15) is 0 Å². The SMILES string of the molecule is C=C/C=C1/C=CCC/C1=C1\c2cc(-c3ccc4c(c3)-c3ccccc3C4(CCC)N3CCC3)ccc2N1c1ccc(C)cc1. The number of hydrogen-bond donors (Lipinski definition) is 0. The number of allylic oxidation sites excluding steroid dienone is 6. The van der Waals surface area contributed by atoms with E-state index >= 15 is 0 Å². The summed E-state index contributed by atoms with van der Waals surface area (Å²) in [6.45, 7) is 10.9. The lowest BCUT2D eigenvalue weighted by Gasteiger charge is -2.48. The van der Waals surface area contributed by atoms with Crippen molar-refractivity contribution in [3.8, 4) is 22.3 Å². The van der Waals surface area contributed by atoms with Gasteiger partial charge in [0.15, 0.2) is 0 Å². The van der Waals surface area contributed by atoms with Crippen molar-refractivity contribution in [1.29, 1.82) is 0 Å². The van der Waals surface area contributed by atoms with Gasteiger partial charge >= 0.3 is 0 Å². The van der Waals surface area contributed by atoms with Gasteiger partial charge in [0.05, 0.1) is 16.9 Å². The van der Waals surface area contributed by atoms with Crippen molar-refractivity contribution in [3.63, 3.8) is 0 Å². The molecule has 0 saturated carbocycles. The fraction of sp³-hybridized carbons (Fsp3) is 0.238. The van der Waals surface area contributed by atoms with Crippen LogP contribution in [0.3, 0.4) is 0 Å². The van der Waals surface area contributed by atoms with Crippen LogP contribution in [0, 0.1) is 6.92 Å². The maximum absolute atomic E-state index is 4.01. The lowest BCUT2D eigenvalue weighted by atomic mass is 9.79. The summed E-state index contributed by atoms with van der Waals surface area (Å²) in [6.07, 6.45) is 14.3. The van der Waals surface area contributed by atoms with Crippen LogP contribution in [0.4, 0.5) is 11.4 Å². The molecule has 218 valence electrons. The first-order valence-corrected chi connectivity index (χ1v) is 16.4. The number of hydrogen-bond acceptors (Lipinski definition) is 2. The zero-order valence-electron chi connectivity index (χ0n) is 25.9. The Balaban J connectivity index is 1.27. The number of likely N-dealkylation sites (tertiary alicyclic amines) is 1. The normalized spacial score (nSPS) is 22.7. The van der Waals surface area contributed by atoms with Crippen molar-refractivity contribution in [2.24, 2.45) is 0 Å². The molecule has 0 radical (unpaired) electrons. The van der Waals surface area contributed by atoms with Crippen molar-refractivity contribution < 1.29 is 0 Å². The highest BCUT2D eigenvalue weighted by Crippen LogP contribution is 2.56. The number of rotatable bonds is 6. The number of nitrogens with zero attached hydrogens (tertiary/aromatic N) is 2. The molecule has 0 amide bonds. The molecule has 0 aromatic heterocycles. The topological polar surface area (TPSA) is 6.48 Å². The van der Waals surface area contributed by atoms with Gasteiger partial charge in [0.25, 0.3) is 0 Å². The van der Waals surface area contributed by atoms with Crippen LogP contribution in [0.5, 0.6) is 0 Å². The summed E-state index contributed by atoms with van der Waals surface area (Å²) in [5.41, 5.74) is 17.5. The third-order valence-corrected chi connectivity index (χ3v) is 10.3. The number of anilines is 2. The van der Waals surface area contributed by atoms with Gasteiger partial charge in [0, 0.05) is 24.3 Å². The van der Waals surface area contributed by atoms with Gasteiger partial charge in [-0.15, -0.1) is 0 Å². The first kappa shape index (κ1) is 27.2. The van der Waals surface area contributed by atoms with Crippen molar-refractivity contribution in [2.45, 2.75) is 51.5 Å². The molecule has 1 atom stereocenters. The highest BCUT2D eigenvalue weighted by molar-refractivity contribution is 6.06. The van der Waals surface area contributed by atoms with Crippen LogP contribution in [0.2, 0.25) is 0 Å². The Bertz CT molecular complexity index is 1880. The predicted molar refractivity (Wildman–Crippen MR) is 186 cm³/mol. The molecule has 4 aromatic rings. The number of benzene rings is 4. The Morgan fingerprint density at radius 2 is 1.59 bits per heavy atom. The van der Waals surface area contributed by atoms with E-state index in [0.29, 0.717) is 0 Å². The summed E-state index contributed by atoms with van der Waals surface area (Å²) in [5, 5.41) is 0. The van der Waals surface area contributed by atoms with Gasteiger partial charge in [0.2, 0.25) is 0 Å². The Morgan fingerprint density at radius 3 is 2.34 bits per heavy atom. The third-order valence-electron chi connectivity index (χ3n) is 10.3. The molecule has 2 aliphatic carbocycles. The second-order valence-electron chi connectivity index (χ2n) is 12.8. The van der Waals surface area contributed by atoms with Crippen molar-refractivity contribution in [2.75, 3.05) is 18.0 Å². The molecule has 44 heavy (non-hydrogen) atoms. The highest BCUT2D eigenvalue weighted by atomic mass is 15.2. The summed E-state index contributed by atoms with van der Waals surface area (Å²) in [5.74, 6) is 0. The van der Waals surface area contributed by atoms with E-state index in [1.807, 2.05) is 6.08 Å². The molecule has 1 fully saturated rings. The average Bonchev–Trinajstić information content (AvgIpc) is 3.28. The highest BCUT2D eigenvalue weighted by Gasteiger charge is 2.48. The Hall–Kier alpha value is -4.40. The van der Waals surface area contributed by atoms with E-state index in [0.717, 1.165) is 19.3 Å². The minimum atomic E-state index is 0.00638. The minimum absolute atomic E-state index is 0.00638. The molecule has 2 heterocycles. The Morgan fingerprint density at radius 1 is 0.841 bits per heavy atom. The van der Waals surface area contributed by atoms with Crippen LogP contribution in [-0.4, -0.2) is 18.0 Å². The molecular formula is C42H40N2. The van der Waals surface area contributed by atoms with E-state index in [-0.39, 0.29) is 5.54 Å².